The monoisotopic (exact) mass is 295 g/mol. The molecule has 1 aliphatic heterocycles. The minimum atomic E-state index is -0.580. The smallest absolute Gasteiger partial charge is 0.407 e. The van der Waals surface area contributed by atoms with Crippen LogP contribution in [0.4, 0.5) is 4.79 Å². The summed E-state index contributed by atoms with van der Waals surface area (Å²) in [7, 11) is 0. The lowest BCUT2D eigenvalue weighted by Gasteiger charge is -2.32. The molecular weight excluding hydrogens is 270 g/mol. The Hall–Kier alpha value is -1.78. The van der Waals surface area contributed by atoms with Crippen LogP contribution in [-0.2, 0) is 14.3 Å². The number of nitrogens with one attached hydrogen (secondary N) is 1. The number of cyclic esters (lactones) is 1. The van der Waals surface area contributed by atoms with Crippen molar-refractivity contribution < 1.29 is 19.1 Å². The van der Waals surface area contributed by atoms with Gasteiger partial charge in [0.15, 0.2) is 0 Å². The number of rotatable bonds is 5. The molecule has 0 aliphatic carbocycles. The molecule has 0 bridgehead atoms. The van der Waals surface area contributed by atoms with E-state index in [4.69, 9.17) is 9.47 Å². The molecule has 1 N–H and O–H groups in total. The summed E-state index contributed by atoms with van der Waals surface area (Å²) in [6.07, 6.45) is 4.37. The molecule has 1 rings (SSSR count). The second-order valence-corrected chi connectivity index (χ2v) is 6.17. The molecule has 1 amide bonds. The second-order valence-electron chi connectivity index (χ2n) is 6.17. The summed E-state index contributed by atoms with van der Waals surface area (Å²) in [6.45, 7) is 12.7. The fraction of sp³-hybridized carbons (Fsp3) is 0.625. The quantitative estimate of drug-likeness (QED) is 0.625. The average molecular weight is 295 g/mol. The zero-order valence-corrected chi connectivity index (χ0v) is 13.1. The second kappa shape index (κ2) is 7.29. The van der Waals surface area contributed by atoms with Crippen LogP contribution in [0.1, 0.15) is 40.0 Å². The molecule has 0 radical (unpaired) electrons. The van der Waals surface area contributed by atoms with Gasteiger partial charge >= 0.3 is 12.1 Å². The molecule has 0 aromatic rings. The number of hydrogen-bond acceptors (Lipinski definition) is 4. The Morgan fingerprint density at radius 3 is 2.62 bits per heavy atom. The van der Waals surface area contributed by atoms with E-state index in [0.29, 0.717) is 19.3 Å². The third-order valence-corrected chi connectivity index (χ3v) is 3.20. The lowest BCUT2D eigenvalue weighted by atomic mass is 9.89. The molecule has 1 unspecified atom stereocenters. The van der Waals surface area contributed by atoms with Crippen molar-refractivity contribution in [2.45, 2.75) is 57.8 Å². The minimum absolute atomic E-state index is 0.236. The van der Waals surface area contributed by atoms with Gasteiger partial charge < -0.3 is 14.8 Å². The van der Waals surface area contributed by atoms with Gasteiger partial charge in [0, 0.05) is 6.04 Å². The van der Waals surface area contributed by atoms with Crippen molar-refractivity contribution in [2.75, 3.05) is 0 Å². The first-order chi connectivity index (χ1) is 9.76. The number of esters is 1. The van der Waals surface area contributed by atoms with Gasteiger partial charge in [-0.1, -0.05) is 18.7 Å². The van der Waals surface area contributed by atoms with Crippen LogP contribution >= 0.6 is 0 Å². The topological polar surface area (TPSA) is 64.6 Å². The van der Waals surface area contributed by atoms with Gasteiger partial charge in [-0.05, 0) is 40.0 Å². The Morgan fingerprint density at radius 1 is 1.48 bits per heavy atom. The highest BCUT2D eigenvalue weighted by Gasteiger charge is 2.35. The third-order valence-electron chi connectivity index (χ3n) is 3.20. The Morgan fingerprint density at radius 2 is 2.14 bits per heavy atom. The molecule has 0 spiro atoms. The Bertz CT molecular complexity index is 411. The van der Waals surface area contributed by atoms with E-state index in [9.17, 15) is 9.59 Å². The lowest BCUT2D eigenvalue weighted by molar-refractivity contribution is -0.158. The Kier molecular flexibility index (Phi) is 6.00. The SMILES string of the molecule is C=CCC(NC(=O)OC(C)(C)C)[C@H]1CC[C@@H](C=C)OC1=O. The third kappa shape index (κ3) is 5.61. The van der Waals surface area contributed by atoms with Gasteiger partial charge in [0.1, 0.15) is 11.7 Å². The standard InChI is InChI=1S/C16H25NO4/c1-6-8-13(17-15(19)21-16(3,4)5)12-10-9-11(7-2)20-14(12)18/h6-7,11-13H,1-2,8-10H2,3-5H3,(H,17,19)/t11-,12-,13?/m1/s1. The molecule has 0 aromatic heterocycles. The summed E-state index contributed by atoms with van der Waals surface area (Å²) in [6, 6.07) is -0.365. The van der Waals surface area contributed by atoms with E-state index in [2.05, 4.69) is 18.5 Å². The highest BCUT2D eigenvalue weighted by molar-refractivity contribution is 5.76. The van der Waals surface area contributed by atoms with E-state index in [0.717, 1.165) is 0 Å². The van der Waals surface area contributed by atoms with Crippen molar-refractivity contribution in [3.05, 3.63) is 25.3 Å². The maximum Gasteiger partial charge on any atom is 0.407 e. The van der Waals surface area contributed by atoms with Gasteiger partial charge in [0.2, 0.25) is 0 Å². The molecular formula is C16H25NO4. The fourth-order valence-corrected chi connectivity index (χ4v) is 2.25. The van der Waals surface area contributed by atoms with E-state index >= 15 is 0 Å². The van der Waals surface area contributed by atoms with Crippen molar-refractivity contribution in [3.8, 4) is 0 Å². The van der Waals surface area contributed by atoms with Gasteiger partial charge in [-0.15, -0.1) is 6.58 Å². The minimum Gasteiger partial charge on any atom is -0.458 e. The van der Waals surface area contributed by atoms with Gasteiger partial charge in [-0.25, -0.2) is 4.79 Å². The summed E-state index contributed by atoms with van der Waals surface area (Å²) in [5.74, 6) is -0.694. The number of amides is 1. The largest absolute Gasteiger partial charge is 0.458 e. The normalized spacial score (nSPS) is 23.7. The molecule has 0 saturated carbocycles. The van der Waals surface area contributed by atoms with Crippen molar-refractivity contribution >= 4 is 12.1 Å². The number of alkyl carbamates (subject to hydrolysis) is 1. The summed E-state index contributed by atoms with van der Waals surface area (Å²) >= 11 is 0. The first-order valence-electron chi connectivity index (χ1n) is 7.20. The van der Waals surface area contributed by atoms with Crippen LogP contribution in [0.5, 0.6) is 0 Å². The van der Waals surface area contributed by atoms with Crippen molar-refractivity contribution in [3.63, 3.8) is 0 Å². The highest BCUT2D eigenvalue weighted by Crippen LogP contribution is 2.25. The molecule has 5 nitrogen and oxygen atoms in total. The van der Waals surface area contributed by atoms with E-state index < -0.39 is 11.7 Å². The summed E-state index contributed by atoms with van der Waals surface area (Å²) in [4.78, 5) is 23.9. The first-order valence-corrected chi connectivity index (χ1v) is 7.20. The first kappa shape index (κ1) is 17.3. The van der Waals surface area contributed by atoms with E-state index in [1.54, 1.807) is 32.9 Å². The van der Waals surface area contributed by atoms with E-state index in [1.165, 1.54) is 0 Å². The van der Waals surface area contributed by atoms with Crippen LogP contribution in [0.25, 0.3) is 0 Å². The number of carbonyl (C=O) groups excluding carboxylic acids is 2. The zero-order chi connectivity index (χ0) is 16.0. The average Bonchev–Trinajstić information content (AvgIpc) is 2.35. The molecule has 118 valence electrons. The molecule has 1 aliphatic rings. The molecule has 21 heavy (non-hydrogen) atoms. The molecule has 5 heteroatoms. The molecule has 1 heterocycles. The predicted octanol–water partition coefficient (Wildman–Crippen LogP) is 2.96. The van der Waals surface area contributed by atoms with Gasteiger partial charge in [0.25, 0.3) is 0 Å². The maximum atomic E-state index is 12.1. The predicted molar refractivity (Wildman–Crippen MR) is 80.8 cm³/mol. The summed E-state index contributed by atoms with van der Waals surface area (Å²) in [5, 5.41) is 2.75. The van der Waals surface area contributed by atoms with Crippen LogP contribution in [0.2, 0.25) is 0 Å². The zero-order valence-electron chi connectivity index (χ0n) is 13.1. The molecule has 3 atom stereocenters. The van der Waals surface area contributed by atoms with Crippen molar-refractivity contribution in [1.82, 2.24) is 5.32 Å². The lowest BCUT2D eigenvalue weighted by Crippen LogP contribution is -2.47. The fourth-order valence-electron chi connectivity index (χ4n) is 2.25. The summed E-state index contributed by atoms with van der Waals surface area (Å²) in [5.41, 5.74) is -0.580. The van der Waals surface area contributed by atoms with E-state index in [1.807, 2.05) is 0 Å². The Balaban J connectivity index is 2.68. The van der Waals surface area contributed by atoms with Crippen molar-refractivity contribution in [1.29, 1.82) is 0 Å². The number of hydrogen-bond donors (Lipinski definition) is 1. The van der Waals surface area contributed by atoms with Crippen LogP contribution < -0.4 is 5.32 Å². The molecule has 0 aromatic carbocycles. The van der Waals surface area contributed by atoms with Gasteiger partial charge in [-0.2, -0.15) is 0 Å². The molecule has 1 saturated heterocycles. The van der Waals surface area contributed by atoms with E-state index in [-0.39, 0.29) is 24.0 Å². The highest BCUT2D eigenvalue weighted by atomic mass is 16.6. The number of ether oxygens (including phenoxy) is 2. The van der Waals surface area contributed by atoms with Crippen LogP contribution in [0.15, 0.2) is 25.3 Å². The van der Waals surface area contributed by atoms with Crippen LogP contribution in [0.3, 0.4) is 0 Å². The Labute approximate surface area is 126 Å². The maximum absolute atomic E-state index is 12.1. The van der Waals surface area contributed by atoms with Crippen LogP contribution in [0, 0.1) is 5.92 Å². The molecule has 1 fully saturated rings. The van der Waals surface area contributed by atoms with Crippen molar-refractivity contribution in [2.24, 2.45) is 5.92 Å². The summed E-state index contributed by atoms with van der Waals surface area (Å²) < 4.78 is 10.5. The van der Waals surface area contributed by atoms with Gasteiger partial charge in [-0.3, -0.25) is 4.79 Å². The van der Waals surface area contributed by atoms with Gasteiger partial charge in [0.05, 0.1) is 5.92 Å². The van der Waals surface area contributed by atoms with Crippen LogP contribution in [-0.4, -0.2) is 29.8 Å². The number of carbonyl (C=O) groups is 2.